The molecule has 0 bridgehead atoms. The minimum Gasteiger partial charge on any atom is -0.497 e. The zero-order valence-corrected chi connectivity index (χ0v) is 12.0. The summed E-state index contributed by atoms with van der Waals surface area (Å²) in [6.07, 6.45) is 6.93. The van der Waals surface area contributed by atoms with Gasteiger partial charge in [-0.05, 0) is 54.7 Å². The number of hydrogen-bond donors (Lipinski definition) is 0. The molecule has 3 unspecified atom stereocenters. The van der Waals surface area contributed by atoms with E-state index in [1.165, 1.54) is 37.7 Å². The van der Waals surface area contributed by atoms with Crippen molar-refractivity contribution in [3.8, 4) is 5.75 Å². The Morgan fingerprint density at radius 3 is 2.44 bits per heavy atom. The molecule has 1 aromatic carbocycles. The number of methoxy groups -OCH3 is 1. The van der Waals surface area contributed by atoms with Gasteiger partial charge in [0, 0.05) is 0 Å². The van der Waals surface area contributed by atoms with Crippen LogP contribution in [-0.4, -0.2) is 7.11 Å². The van der Waals surface area contributed by atoms with Crippen molar-refractivity contribution in [1.82, 2.24) is 0 Å². The summed E-state index contributed by atoms with van der Waals surface area (Å²) in [5.74, 6) is 3.51. The van der Waals surface area contributed by atoms with E-state index in [-0.39, 0.29) is 0 Å². The zero-order valence-electron chi connectivity index (χ0n) is 12.0. The monoisotopic (exact) mass is 246 g/mol. The van der Waals surface area contributed by atoms with E-state index in [0.29, 0.717) is 0 Å². The molecule has 1 heteroatoms. The number of benzene rings is 1. The third kappa shape index (κ3) is 3.07. The summed E-state index contributed by atoms with van der Waals surface area (Å²) in [5.41, 5.74) is 1.50. The van der Waals surface area contributed by atoms with Crippen LogP contribution < -0.4 is 4.74 Å². The molecule has 0 aromatic heterocycles. The van der Waals surface area contributed by atoms with Gasteiger partial charge in [-0.2, -0.15) is 0 Å². The highest BCUT2D eigenvalue weighted by Crippen LogP contribution is 2.41. The lowest BCUT2D eigenvalue weighted by atomic mass is 9.71. The highest BCUT2D eigenvalue weighted by atomic mass is 16.5. The van der Waals surface area contributed by atoms with E-state index in [1.807, 2.05) is 0 Å². The predicted molar refractivity (Wildman–Crippen MR) is 77.1 cm³/mol. The Morgan fingerprint density at radius 2 is 1.89 bits per heavy atom. The first-order chi connectivity index (χ1) is 8.74. The molecule has 3 atom stereocenters. The van der Waals surface area contributed by atoms with Gasteiger partial charge < -0.3 is 4.74 Å². The molecule has 1 fully saturated rings. The van der Waals surface area contributed by atoms with Gasteiger partial charge in [-0.25, -0.2) is 0 Å². The summed E-state index contributed by atoms with van der Waals surface area (Å²) in [6, 6.07) is 8.70. The second-order valence-electron chi connectivity index (χ2n) is 5.82. The van der Waals surface area contributed by atoms with Crippen LogP contribution in [-0.2, 0) is 0 Å². The Balaban J connectivity index is 2.00. The van der Waals surface area contributed by atoms with Gasteiger partial charge in [-0.15, -0.1) is 0 Å². The second-order valence-corrected chi connectivity index (χ2v) is 5.82. The van der Waals surface area contributed by atoms with Crippen LogP contribution in [0.3, 0.4) is 0 Å². The maximum absolute atomic E-state index is 5.23. The molecule has 0 spiro atoms. The summed E-state index contributed by atoms with van der Waals surface area (Å²) in [5, 5.41) is 0. The molecule has 0 heterocycles. The van der Waals surface area contributed by atoms with E-state index in [2.05, 4.69) is 38.1 Å². The molecule has 0 N–H and O–H groups in total. The van der Waals surface area contributed by atoms with Crippen LogP contribution in [0.25, 0.3) is 0 Å². The maximum atomic E-state index is 5.23. The first-order valence-corrected chi connectivity index (χ1v) is 7.38. The first-order valence-electron chi connectivity index (χ1n) is 7.38. The van der Waals surface area contributed by atoms with Crippen LogP contribution in [0.4, 0.5) is 0 Å². The fourth-order valence-corrected chi connectivity index (χ4v) is 3.52. The van der Waals surface area contributed by atoms with Crippen molar-refractivity contribution in [3.05, 3.63) is 29.8 Å². The average Bonchev–Trinajstić information content (AvgIpc) is 2.40. The normalized spacial score (nSPS) is 28.1. The van der Waals surface area contributed by atoms with Crippen molar-refractivity contribution >= 4 is 0 Å². The Kier molecular flexibility index (Phi) is 4.68. The minimum atomic E-state index is 0.754. The minimum absolute atomic E-state index is 0.754. The molecule has 100 valence electrons. The molecular formula is C17H26O. The van der Waals surface area contributed by atoms with Crippen LogP contribution in [0.1, 0.15) is 57.4 Å². The third-order valence-electron chi connectivity index (χ3n) is 4.52. The lowest BCUT2D eigenvalue weighted by molar-refractivity contribution is 0.235. The van der Waals surface area contributed by atoms with Gasteiger partial charge >= 0.3 is 0 Å². The maximum Gasteiger partial charge on any atom is 0.118 e. The number of ether oxygens (including phenoxy) is 1. The SMILES string of the molecule is CCCC1CCC(c2ccc(OC)cc2)C(C)C1. The summed E-state index contributed by atoms with van der Waals surface area (Å²) in [4.78, 5) is 0. The summed E-state index contributed by atoms with van der Waals surface area (Å²) in [7, 11) is 1.73. The van der Waals surface area contributed by atoms with Crippen LogP contribution >= 0.6 is 0 Å². The molecule has 0 aliphatic heterocycles. The van der Waals surface area contributed by atoms with Gasteiger partial charge in [-0.1, -0.05) is 38.8 Å². The Morgan fingerprint density at radius 1 is 1.17 bits per heavy atom. The summed E-state index contributed by atoms with van der Waals surface area (Å²) >= 11 is 0. The molecule has 18 heavy (non-hydrogen) atoms. The lowest BCUT2D eigenvalue weighted by Gasteiger charge is -2.34. The summed E-state index contributed by atoms with van der Waals surface area (Å²) in [6.45, 7) is 4.73. The molecule has 1 aliphatic carbocycles. The van der Waals surface area contributed by atoms with E-state index in [1.54, 1.807) is 7.11 Å². The van der Waals surface area contributed by atoms with Crippen molar-refractivity contribution in [2.75, 3.05) is 7.11 Å². The van der Waals surface area contributed by atoms with Crippen molar-refractivity contribution < 1.29 is 4.74 Å². The van der Waals surface area contributed by atoms with Crippen LogP contribution in [0, 0.1) is 11.8 Å². The van der Waals surface area contributed by atoms with Gasteiger partial charge in [0.1, 0.15) is 5.75 Å². The van der Waals surface area contributed by atoms with E-state index < -0.39 is 0 Å². The fourth-order valence-electron chi connectivity index (χ4n) is 3.52. The second kappa shape index (κ2) is 6.26. The predicted octanol–water partition coefficient (Wildman–Crippen LogP) is 5.02. The van der Waals surface area contributed by atoms with Crippen LogP contribution in [0.15, 0.2) is 24.3 Å². The zero-order chi connectivity index (χ0) is 13.0. The molecule has 1 nitrogen and oxygen atoms in total. The van der Waals surface area contributed by atoms with E-state index >= 15 is 0 Å². The van der Waals surface area contributed by atoms with Crippen molar-refractivity contribution in [2.45, 2.75) is 51.9 Å². The van der Waals surface area contributed by atoms with Crippen molar-refractivity contribution in [2.24, 2.45) is 11.8 Å². The molecule has 0 radical (unpaired) electrons. The molecule has 0 saturated heterocycles. The topological polar surface area (TPSA) is 9.23 Å². The van der Waals surface area contributed by atoms with E-state index in [4.69, 9.17) is 4.74 Å². The smallest absolute Gasteiger partial charge is 0.118 e. The Labute approximate surface area is 112 Å². The fraction of sp³-hybridized carbons (Fsp3) is 0.647. The molecule has 1 aromatic rings. The number of rotatable bonds is 4. The van der Waals surface area contributed by atoms with E-state index in [9.17, 15) is 0 Å². The standard InChI is InChI=1S/C17H26O/c1-4-5-14-6-11-17(13(2)12-14)15-7-9-16(18-3)10-8-15/h7-10,13-14,17H,4-6,11-12H2,1-3H3. The highest BCUT2D eigenvalue weighted by molar-refractivity contribution is 5.30. The largest absolute Gasteiger partial charge is 0.497 e. The highest BCUT2D eigenvalue weighted by Gasteiger charge is 2.27. The van der Waals surface area contributed by atoms with Crippen molar-refractivity contribution in [3.63, 3.8) is 0 Å². The Hall–Kier alpha value is -0.980. The van der Waals surface area contributed by atoms with Crippen LogP contribution in [0.2, 0.25) is 0 Å². The lowest BCUT2D eigenvalue weighted by Crippen LogP contribution is -2.21. The molecule has 1 aliphatic rings. The van der Waals surface area contributed by atoms with Gasteiger partial charge in [0.2, 0.25) is 0 Å². The molecular weight excluding hydrogens is 220 g/mol. The summed E-state index contributed by atoms with van der Waals surface area (Å²) < 4.78 is 5.23. The van der Waals surface area contributed by atoms with Gasteiger partial charge in [0.15, 0.2) is 0 Å². The van der Waals surface area contributed by atoms with E-state index in [0.717, 1.165) is 23.5 Å². The van der Waals surface area contributed by atoms with Crippen molar-refractivity contribution in [1.29, 1.82) is 0 Å². The first kappa shape index (κ1) is 13.5. The quantitative estimate of drug-likeness (QED) is 0.725. The Bertz CT molecular complexity index is 354. The van der Waals surface area contributed by atoms with Gasteiger partial charge in [0.25, 0.3) is 0 Å². The van der Waals surface area contributed by atoms with Gasteiger partial charge in [-0.3, -0.25) is 0 Å². The number of hydrogen-bond acceptors (Lipinski definition) is 1. The molecule has 2 rings (SSSR count). The molecule has 1 saturated carbocycles. The molecule has 0 amide bonds. The van der Waals surface area contributed by atoms with Gasteiger partial charge in [0.05, 0.1) is 7.11 Å². The van der Waals surface area contributed by atoms with Crippen LogP contribution in [0.5, 0.6) is 5.75 Å². The third-order valence-corrected chi connectivity index (χ3v) is 4.52. The average molecular weight is 246 g/mol.